The third-order valence-corrected chi connectivity index (χ3v) is 4.34. The van der Waals surface area contributed by atoms with Crippen molar-refractivity contribution < 1.29 is 23.0 Å². The van der Waals surface area contributed by atoms with Gasteiger partial charge in [-0.15, -0.1) is 0 Å². The van der Waals surface area contributed by atoms with Crippen LogP contribution in [-0.4, -0.2) is 24.9 Å². The minimum Gasteiger partial charge on any atom is -0.365 e. The van der Waals surface area contributed by atoms with E-state index in [2.05, 4.69) is 0 Å². The van der Waals surface area contributed by atoms with Crippen LogP contribution >= 0.6 is 0 Å². The average molecular weight is 297 g/mol. The maximum absolute atomic E-state index is 13.8. The van der Waals surface area contributed by atoms with E-state index in [0.717, 1.165) is 12.8 Å². The van der Waals surface area contributed by atoms with Gasteiger partial charge in [-0.2, -0.15) is 0 Å². The number of carbonyl (C=O) groups excluding carboxylic acids is 1. The molecular weight excluding hydrogens is 280 g/mol. The fraction of sp³-hybridized carbons (Fsp3) is 0.533. The summed E-state index contributed by atoms with van der Waals surface area (Å²) in [5.41, 5.74) is 4.86. The molecule has 114 valence electrons. The number of carbonyl (C=O) groups is 1. The number of primary amides is 1. The second-order valence-corrected chi connectivity index (χ2v) is 5.61. The molecule has 2 aliphatic rings. The zero-order chi connectivity index (χ0) is 15.0. The summed E-state index contributed by atoms with van der Waals surface area (Å²) in [5.74, 6) is -3.35. The van der Waals surface area contributed by atoms with Crippen LogP contribution in [0.1, 0.15) is 47.5 Å². The predicted octanol–water partition coefficient (Wildman–Crippen LogP) is 2.46. The number of amides is 1. The molecule has 21 heavy (non-hydrogen) atoms. The summed E-state index contributed by atoms with van der Waals surface area (Å²) in [5, 5.41) is 0. The van der Waals surface area contributed by atoms with E-state index in [1.807, 2.05) is 0 Å². The molecule has 0 atom stereocenters. The lowest BCUT2D eigenvalue weighted by atomic mass is 9.80. The molecule has 2 N–H and O–H groups in total. The lowest BCUT2D eigenvalue weighted by Gasteiger charge is -2.35. The van der Waals surface area contributed by atoms with Gasteiger partial charge in [0.2, 0.25) is 0 Å². The van der Waals surface area contributed by atoms with Crippen molar-refractivity contribution in [1.82, 2.24) is 0 Å². The Hall–Kier alpha value is -1.53. The molecule has 1 aromatic carbocycles. The summed E-state index contributed by atoms with van der Waals surface area (Å²) in [6.45, 7) is 1.20. The van der Waals surface area contributed by atoms with Gasteiger partial charge in [0.15, 0.2) is 5.79 Å². The average Bonchev–Trinajstić information content (AvgIpc) is 2.86. The Morgan fingerprint density at radius 1 is 1.14 bits per heavy atom. The molecule has 0 aromatic heterocycles. The lowest BCUT2D eigenvalue weighted by molar-refractivity contribution is -0.178. The zero-order valence-electron chi connectivity index (χ0n) is 11.5. The highest BCUT2D eigenvalue weighted by molar-refractivity contribution is 5.93. The van der Waals surface area contributed by atoms with Gasteiger partial charge in [0.1, 0.15) is 17.2 Å². The molecular formula is C15H17F2NO3. The predicted molar refractivity (Wildman–Crippen MR) is 70.7 cm³/mol. The Kier molecular flexibility index (Phi) is 3.67. The standard InChI is InChI=1S/C15H17F2NO3/c16-11-7-10(8-12(17)13(11)14(18)19)9-1-3-15(4-2-9)20-5-6-21-15/h7-9H,1-6H2,(H2,18,19). The number of rotatable bonds is 2. The molecule has 1 saturated carbocycles. The van der Waals surface area contributed by atoms with Gasteiger partial charge < -0.3 is 15.2 Å². The van der Waals surface area contributed by atoms with Gasteiger partial charge in [0.25, 0.3) is 5.91 Å². The van der Waals surface area contributed by atoms with Gasteiger partial charge >= 0.3 is 0 Å². The molecule has 0 radical (unpaired) electrons. The molecule has 0 bridgehead atoms. The maximum atomic E-state index is 13.8. The first-order valence-corrected chi connectivity index (χ1v) is 7.07. The number of benzene rings is 1. The van der Waals surface area contributed by atoms with E-state index in [1.165, 1.54) is 12.1 Å². The number of hydrogen-bond acceptors (Lipinski definition) is 3. The molecule has 1 saturated heterocycles. The number of hydrogen-bond donors (Lipinski definition) is 1. The highest BCUT2D eigenvalue weighted by atomic mass is 19.1. The van der Waals surface area contributed by atoms with Crippen LogP contribution in [0.25, 0.3) is 0 Å². The minimum absolute atomic E-state index is 0.0364. The van der Waals surface area contributed by atoms with Crippen molar-refractivity contribution in [2.75, 3.05) is 13.2 Å². The van der Waals surface area contributed by atoms with Crippen molar-refractivity contribution in [2.45, 2.75) is 37.4 Å². The normalized spacial score (nSPS) is 21.8. The zero-order valence-corrected chi connectivity index (χ0v) is 11.5. The summed E-state index contributed by atoms with van der Waals surface area (Å²) in [6, 6.07) is 2.42. The second kappa shape index (κ2) is 5.35. The van der Waals surface area contributed by atoms with E-state index in [1.54, 1.807) is 0 Å². The Morgan fingerprint density at radius 2 is 1.67 bits per heavy atom. The maximum Gasteiger partial charge on any atom is 0.254 e. The van der Waals surface area contributed by atoms with E-state index < -0.39 is 28.9 Å². The Labute approximate surface area is 121 Å². The van der Waals surface area contributed by atoms with E-state index >= 15 is 0 Å². The first kappa shape index (κ1) is 14.4. The van der Waals surface area contributed by atoms with E-state index in [9.17, 15) is 13.6 Å². The third kappa shape index (κ3) is 2.65. The van der Waals surface area contributed by atoms with Crippen LogP contribution in [0.2, 0.25) is 0 Å². The molecule has 2 fully saturated rings. The summed E-state index contributed by atoms with van der Waals surface area (Å²) >= 11 is 0. The first-order valence-electron chi connectivity index (χ1n) is 7.07. The van der Waals surface area contributed by atoms with Gasteiger partial charge in [0, 0.05) is 12.8 Å². The Bertz CT molecular complexity index is 537. The quantitative estimate of drug-likeness (QED) is 0.912. The SMILES string of the molecule is NC(=O)c1c(F)cc(C2CCC3(CC2)OCCO3)cc1F. The smallest absolute Gasteiger partial charge is 0.254 e. The molecule has 3 rings (SSSR count). The summed E-state index contributed by atoms with van der Waals surface area (Å²) in [6.07, 6.45) is 2.88. The van der Waals surface area contributed by atoms with Crippen LogP contribution in [0.5, 0.6) is 0 Å². The Morgan fingerprint density at radius 3 is 2.14 bits per heavy atom. The highest BCUT2D eigenvalue weighted by Crippen LogP contribution is 2.42. The van der Waals surface area contributed by atoms with Gasteiger partial charge in [-0.3, -0.25) is 4.79 Å². The highest BCUT2D eigenvalue weighted by Gasteiger charge is 2.40. The molecule has 1 aromatic rings. The van der Waals surface area contributed by atoms with Crippen LogP contribution in [0.3, 0.4) is 0 Å². The monoisotopic (exact) mass is 297 g/mol. The fourth-order valence-corrected chi connectivity index (χ4v) is 3.24. The summed E-state index contributed by atoms with van der Waals surface area (Å²) < 4.78 is 38.9. The second-order valence-electron chi connectivity index (χ2n) is 5.61. The van der Waals surface area contributed by atoms with Crippen molar-refractivity contribution in [1.29, 1.82) is 0 Å². The van der Waals surface area contributed by atoms with Crippen LogP contribution in [0.4, 0.5) is 8.78 Å². The van der Waals surface area contributed by atoms with Crippen molar-refractivity contribution >= 4 is 5.91 Å². The van der Waals surface area contributed by atoms with Crippen LogP contribution < -0.4 is 5.73 Å². The van der Waals surface area contributed by atoms with Crippen LogP contribution in [-0.2, 0) is 9.47 Å². The van der Waals surface area contributed by atoms with Gasteiger partial charge in [0.05, 0.1) is 13.2 Å². The molecule has 1 aliphatic heterocycles. The first-order chi connectivity index (χ1) is 10.0. The minimum atomic E-state index is -1.09. The van der Waals surface area contributed by atoms with Gasteiger partial charge in [-0.05, 0) is 36.5 Å². The lowest BCUT2D eigenvalue weighted by Crippen LogP contribution is -2.34. The van der Waals surface area contributed by atoms with Crippen molar-refractivity contribution in [3.05, 3.63) is 34.9 Å². The number of ether oxygens (including phenoxy) is 2. The van der Waals surface area contributed by atoms with Crippen LogP contribution in [0, 0.1) is 11.6 Å². The largest absolute Gasteiger partial charge is 0.365 e. The number of halogens is 2. The van der Waals surface area contributed by atoms with Gasteiger partial charge in [-0.25, -0.2) is 8.78 Å². The van der Waals surface area contributed by atoms with Gasteiger partial charge in [-0.1, -0.05) is 0 Å². The molecule has 6 heteroatoms. The van der Waals surface area contributed by atoms with E-state index in [4.69, 9.17) is 15.2 Å². The Balaban J connectivity index is 1.78. The summed E-state index contributed by atoms with van der Waals surface area (Å²) in [7, 11) is 0. The third-order valence-electron chi connectivity index (χ3n) is 4.34. The number of nitrogens with two attached hydrogens (primary N) is 1. The fourth-order valence-electron chi connectivity index (χ4n) is 3.24. The summed E-state index contributed by atoms with van der Waals surface area (Å²) in [4.78, 5) is 11.0. The molecule has 1 spiro atoms. The van der Waals surface area contributed by atoms with Crippen molar-refractivity contribution in [3.63, 3.8) is 0 Å². The van der Waals surface area contributed by atoms with E-state index in [0.29, 0.717) is 31.6 Å². The molecule has 4 nitrogen and oxygen atoms in total. The van der Waals surface area contributed by atoms with Crippen LogP contribution in [0.15, 0.2) is 12.1 Å². The van der Waals surface area contributed by atoms with Crippen molar-refractivity contribution in [2.24, 2.45) is 5.73 Å². The molecule has 1 heterocycles. The molecule has 1 aliphatic carbocycles. The molecule has 1 amide bonds. The molecule has 0 unspecified atom stereocenters. The van der Waals surface area contributed by atoms with Crippen molar-refractivity contribution in [3.8, 4) is 0 Å². The van der Waals surface area contributed by atoms with E-state index in [-0.39, 0.29) is 5.92 Å². The topological polar surface area (TPSA) is 61.6 Å².